The smallest absolute Gasteiger partial charge is 0.169 e. The first-order chi connectivity index (χ1) is 9.18. The number of nitrogens with two attached hydrogens (primary N) is 1. The SMILES string of the molecule is COc1cccc(C[NH2+]C(C)(C)CC(C)(C)C)c1OC. The Bertz CT molecular complexity index is 433. The van der Waals surface area contributed by atoms with Crippen molar-refractivity contribution in [3.05, 3.63) is 23.8 Å². The van der Waals surface area contributed by atoms with Crippen molar-refractivity contribution in [1.29, 1.82) is 0 Å². The van der Waals surface area contributed by atoms with Crippen LogP contribution in [-0.2, 0) is 6.54 Å². The fourth-order valence-electron chi connectivity index (χ4n) is 2.94. The van der Waals surface area contributed by atoms with Gasteiger partial charge in [-0.2, -0.15) is 0 Å². The number of para-hydroxylation sites is 1. The molecule has 0 amide bonds. The summed E-state index contributed by atoms with van der Waals surface area (Å²) in [5.41, 5.74) is 1.71. The van der Waals surface area contributed by atoms with E-state index in [1.54, 1.807) is 14.2 Å². The summed E-state index contributed by atoms with van der Waals surface area (Å²) >= 11 is 0. The molecule has 3 nitrogen and oxygen atoms in total. The van der Waals surface area contributed by atoms with Gasteiger partial charge < -0.3 is 14.8 Å². The third-order valence-corrected chi connectivity index (χ3v) is 3.34. The van der Waals surface area contributed by atoms with Crippen molar-refractivity contribution < 1.29 is 14.8 Å². The van der Waals surface area contributed by atoms with Gasteiger partial charge in [0.1, 0.15) is 6.54 Å². The average molecular weight is 280 g/mol. The van der Waals surface area contributed by atoms with E-state index in [1.165, 1.54) is 5.56 Å². The summed E-state index contributed by atoms with van der Waals surface area (Å²) in [6.45, 7) is 12.3. The topological polar surface area (TPSA) is 35.1 Å². The molecular formula is C17H30NO2+. The summed E-state index contributed by atoms with van der Waals surface area (Å²) in [6.07, 6.45) is 1.16. The van der Waals surface area contributed by atoms with Crippen LogP contribution in [0.3, 0.4) is 0 Å². The molecule has 2 N–H and O–H groups in total. The molecule has 1 rings (SSSR count). The van der Waals surface area contributed by atoms with E-state index < -0.39 is 0 Å². The number of hydrogen-bond acceptors (Lipinski definition) is 2. The van der Waals surface area contributed by atoms with Crippen LogP contribution in [0.5, 0.6) is 11.5 Å². The fraction of sp³-hybridized carbons (Fsp3) is 0.647. The molecule has 0 fully saturated rings. The van der Waals surface area contributed by atoms with Crippen molar-refractivity contribution in [2.45, 2.75) is 53.1 Å². The summed E-state index contributed by atoms with van der Waals surface area (Å²) in [4.78, 5) is 0. The molecule has 0 aromatic heterocycles. The number of methoxy groups -OCH3 is 2. The summed E-state index contributed by atoms with van der Waals surface area (Å²) in [7, 11) is 3.37. The number of hydrogen-bond donors (Lipinski definition) is 1. The number of benzene rings is 1. The van der Waals surface area contributed by atoms with Gasteiger partial charge >= 0.3 is 0 Å². The van der Waals surface area contributed by atoms with Gasteiger partial charge in [0.25, 0.3) is 0 Å². The summed E-state index contributed by atoms with van der Waals surface area (Å²) in [5.74, 6) is 1.64. The zero-order valence-corrected chi connectivity index (χ0v) is 14.0. The molecule has 0 bridgehead atoms. The van der Waals surface area contributed by atoms with Crippen molar-refractivity contribution in [1.82, 2.24) is 0 Å². The third-order valence-electron chi connectivity index (χ3n) is 3.34. The molecule has 0 spiro atoms. The predicted molar refractivity (Wildman–Crippen MR) is 83.3 cm³/mol. The van der Waals surface area contributed by atoms with Crippen molar-refractivity contribution in [2.24, 2.45) is 5.41 Å². The van der Waals surface area contributed by atoms with Gasteiger partial charge in [0.2, 0.25) is 0 Å². The van der Waals surface area contributed by atoms with Crippen LogP contribution in [-0.4, -0.2) is 19.8 Å². The van der Waals surface area contributed by atoms with E-state index in [0.717, 1.165) is 24.5 Å². The molecular weight excluding hydrogens is 250 g/mol. The van der Waals surface area contributed by atoms with E-state index >= 15 is 0 Å². The molecule has 0 heterocycles. The second-order valence-electron chi connectivity index (χ2n) is 7.29. The molecule has 1 aromatic rings. The Kier molecular flexibility index (Phi) is 5.46. The first-order valence-electron chi connectivity index (χ1n) is 7.23. The summed E-state index contributed by atoms with van der Waals surface area (Å²) in [5, 5.41) is 2.38. The fourth-order valence-corrected chi connectivity index (χ4v) is 2.94. The number of ether oxygens (including phenoxy) is 2. The Balaban J connectivity index is 2.79. The van der Waals surface area contributed by atoms with Gasteiger partial charge in [-0.3, -0.25) is 0 Å². The zero-order valence-electron chi connectivity index (χ0n) is 14.0. The third kappa shape index (κ3) is 5.04. The molecule has 0 aliphatic carbocycles. The van der Waals surface area contributed by atoms with Crippen LogP contribution in [0.1, 0.15) is 46.6 Å². The van der Waals surface area contributed by atoms with E-state index in [9.17, 15) is 0 Å². The monoisotopic (exact) mass is 280 g/mol. The molecule has 0 aliphatic heterocycles. The summed E-state index contributed by atoms with van der Waals surface area (Å²) in [6, 6.07) is 6.05. The number of rotatable bonds is 6. The second-order valence-corrected chi connectivity index (χ2v) is 7.29. The standard InChI is InChI=1S/C17H29NO2/c1-16(2,3)12-17(4,5)18-11-13-9-8-10-14(19-6)15(13)20-7/h8-10,18H,11-12H2,1-7H3/p+1. The largest absolute Gasteiger partial charge is 0.493 e. The maximum Gasteiger partial charge on any atom is 0.169 e. The Morgan fingerprint density at radius 1 is 1.00 bits per heavy atom. The first-order valence-corrected chi connectivity index (χ1v) is 7.23. The Hall–Kier alpha value is -1.22. The molecule has 114 valence electrons. The van der Waals surface area contributed by atoms with E-state index in [4.69, 9.17) is 9.47 Å². The Morgan fingerprint density at radius 2 is 1.65 bits per heavy atom. The molecule has 0 aliphatic rings. The maximum atomic E-state index is 5.49. The van der Waals surface area contributed by atoms with Crippen molar-refractivity contribution in [3.8, 4) is 11.5 Å². The van der Waals surface area contributed by atoms with Gasteiger partial charge in [-0.1, -0.05) is 26.8 Å². The minimum absolute atomic E-state index is 0.201. The Labute approximate surface area is 123 Å². The maximum absolute atomic E-state index is 5.49. The molecule has 0 atom stereocenters. The molecule has 0 saturated carbocycles. The quantitative estimate of drug-likeness (QED) is 0.869. The minimum atomic E-state index is 0.201. The Morgan fingerprint density at radius 3 is 2.15 bits per heavy atom. The van der Waals surface area contributed by atoms with Crippen molar-refractivity contribution in [3.63, 3.8) is 0 Å². The highest BCUT2D eigenvalue weighted by atomic mass is 16.5. The molecule has 0 saturated heterocycles. The zero-order chi connectivity index (χ0) is 15.4. The highest BCUT2D eigenvalue weighted by Gasteiger charge is 2.28. The van der Waals surface area contributed by atoms with Gasteiger partial charge in [0.05, 0.1) is 25.3 Å². The van der Waals surface area contributed by atoms with Gasteiger partial charge in [-0.25, -0.2) is 0 Å². The van der Waals surface area contributed by atoms with Gasteiger partial charge in [-0.05, 0) is 31.4 Å². The minimum Gasteiger partial charge on any atom is -0.493 e. The molecule has 20 heavy (non-hydrogen) atoms. The van der Waals surface area contributed by atoms with Gasteiger partial charge in [0.15, 0.2) is 11.5 Å². The summed E-state index contributed by atoms with van der Waals surface area (Å²) < 4.78 is 10.8. The highest BCUT2D eigenvalue weighted by Crippen LogP contribution is 2.30. The van der Waals surface area contributed by atoms with Crippen LogP contribution in [0.25, 0.3) is 0 Å². The van der Waals surface area contributed by atoms with Crippen LogP contribution >= 0.6 is 0 Å². The van der Waals surface area contributed by atoms with E-state index in [1.807, 2.05) is 12.1 Å². The highest BCUT2D eigenvalue weighted by molar-refractivity contribution is 5.46. The normalized spacial score (nSPS) is 12.3. The van der Waals surface area contributed by atoms with Crippen LogP contribution in [0, 0.1) is 5.41 Å². The van der Waals surface area contributed by atoms with Gasteiger partial charge in [-0.15, -0.1) is 0 Å². The lowest BCUT2D eigenvalue weighted by Gasteiger charge is -2.30. The van der Waals surface area contributed by atoms with Crippen LogP contribution < -0.4 is 14.8 Å². The lowest BCUT2D eigenvalue weighted by atomic mass is 9.82. The van der Waals surface area contributed by atoms with Gasteiger partial charge in [0, 0.05) is 6.42 Å². The van der Waals surface area contributed by atoms with E-state index in [2.05, 4.69) is 46.0 Å². The second kappa shape index (κ2) is 6.49. The number of quaternary nitrogens is 1. The van der Waals surface area contributed by atoms with Crippen molar-refractivity contribution >= 4 is 0 Å². The first kappa shape index (κ1) is 16.8. The van der Waals surface area contributed by atoms with Crippen molar-refractivity contribution in [2.75, 3.05) is 14.2 Å². The van der Waals surface area contributed by atoms with E-state index in [0.29, 0.717) is 5.41 Å². The molecule has 1 aromatic carbocycles. The van der Waals surface area contributed by atoms with Crippen LogP contribution in [0.2, 0.25) is 0 Å². The molecule has 0 radical (unpaired) electrons. The van der Waals surface area contributed by atoms with Crippen LogP contribution in [0.4, 0.5) is 0 Å². The van der Waals surface area contributed by atoms with E-state index in [-0.39, 0.29) is 5.54 Å². The molecule has 3 heteroatoms. The lowest BCUT2D eigenvalue weighted by molar-refractivity contribution is -0.737. The van der Waals surface area contributed by atoms with Crippen LogP contribution in [0.15, 0.2) is 18.2 Å². The lowest BCUT2D eigenvalue weighted by Crippen LogP contribution is -2.94. The average Bonchev–Trinajstić information content (AvgIpc) is 2.32. The predicted octanol–water partition coefficient (Wildman–Crippen LogP) is 2.98. The molecule has 0 unspecified atom stereocenters.